The van der Waals surface area contributed by atoms with E-state index >= 15 is 0 Å². The Hall–Kier alpha value is -1.05. The van der Waals surface area contributed by atoms with Crippen LogP contribution in [0.2, 0.25) is 0 Å². The Morgan fingerprint density at radius 3 is 2.62 bits per heavy atom. The smallest absolute Gasteiger partial charge is 0.204 e. The molecule has 0 spiro atoms. The fourth-order valence-electron chi connectivity index (χ4n) is 3.03. The highest BCUT2D eigenvalue weighted by Gasteiger charge is 2.42. The Kier molecular flexibility index (Phi) is 3.17. The minimum Gasteiger partial charge on any atom is -0.461 e. The molecule has 1 aliphatic rings. The lowest BCUT2D eigenvalue weighted by Crippen LogP contribution is -2.29. The topological polar surface area (TPSA) is 30.2 Å². The minimum atomic E-state index is -0.133. The van der Waals surface area contributed by atoms with Gasteiger partial charge in [-0.1, -0.05) is 26.7 Å². The first-order chi connectivity index (χ1) is 7.64. The third kappa shape index (κ3) is 2.06. The molecule has 0 atom stereocenters. The SMILES string of the molecule is CC(C)CC1(C(=O)c2ccco2)CCCC1. The number of carbonyl (C=O) groups is 1. The molecule has 0 radical (unpaired) electrons. The van der Waals surface area contributed by atoms with Crippen molar-refractivity contribution in [2.45, 2.75) is 46.0 Å². The van der Waals surface area contributed by atoms with Gasteiger partial charge in [-0.2, -0.15) is 0 Å². The monoisotopic (exact) mass is 220 g/mol. The van der Waals surface area contributed by atoms with Crippen LogP contribution in [0.25, 0.3) is 0 Å². The lowest BCUT2D eigenvalue weighted by Gasteiger charge is -2.28. The molecule has 0 N–H and O–H groups in total. The molecule has 1 aromatic heterocycles. The average Bonchev–Trinajstić information content (AvgIpc) is 2.85. The highest BCUT2D eigenvalue weighted by molar-refractivity contribution is 5.98. The molecule has 1 heterocycles. The van der Waals surface area contributed by atoms with E-state index in [-0.39, 0.29) is 11.2 Å². The third-order valence-electron chi connectivity index (χ3n) is 3.59. The molecule has 0 saturated heterocycles. The van der Waals surface area contributed by atoms with E-state index < -0.39 is 0 Å². The van der Waals surface area contributed by atoms with Crippen molar-refractivity contribution in [2.75, 3.05) is 0 Å². The first-order valence-corrected chi connectivity index (χ1v) is 6.22. The van der Waals surface area contributed by atoms with Gasteiger partial charge in [0.05, 0.1) is 6.26 Å². The van der Waals surface area contributed by atoms with Gasteiger partial charge >= 0.3 is 0 Å². The van der Waals surface area contributed by atoms with E-state index in [0.29, 0.717) is 11.7 Å². The van der Waals surface area contributed by atoms with E-state index in [1.54, 1.807) is 18.4 Å². The summed E-state index contributed by atoms with van der Waals surface area (Å²) in [5.74, 6) is 1.34. The van der Waals surface area contributed by atoms with E-state index in [0.717, 1.165) is 19.3 Å². The number of hydrogen-bond acceptors (Lipinski definition) is 2. The van der Waals surface area contributed by atoms with Gasteiger partial charge in [-0.15, -0.1) is 0 Å². The van der Waals surface area contributed by atoms with Gasteiger partial charge in [-0.25, -0.2) is 0 Å². The van der Waals surface area contributed by atoms with Gasteiger partial charge in [0.2, 0.25) is 5.78 Å². The second-order valence-electron chi connectivity index (χ2n) is 5.39. The molecule has 0 bridgehead atoms. The Morgan fingerprint density at radius 1 is 1.44 bits per heavy atom. The van der Waals surface area contributed by atoms with Gasteiger partial charge in [0.1, 0.15) is 0 Å². The summed E-state index contributed by atoms with van der Waals surface area (Å²) in [6.07, 6.45) is 7.01. The van der Waals surface area contributed by atoms with E-state index in [4.69, 9.17) is 4.42 Å². The zero-order chi connectivity index (χ0) is 11.6. The third-order valence-corrected chi connectivity index (χ3v) is 3.59. The minimum absolute atomic E-state index is 0.133. The predicted octanol–water partition coefficient (Wildman–Crippen LogP) is 4.07. The van der Waals surface area contributed by atoms with Crippen LogP contribution in [-0.2, 0) is 0 Å². The summed E-state index contributed by atoms with van der Waals surface area (Å²) in [5, 5.41) is 0. The molecule has 16 heavy (non-hydrogen) atoms. The number of carbonyl (C=O) groups excluding carboxylic acids is 1. The molecule has 2 rings (SSSR count). The Labute approximate surface area is 97.0 Å². The van der Waals surface area contributed by atoms with E-state index in [9.17, 15) is 4.79 Å². The summed E-state index contributed by atoms with van der Waals surface area (Å²) in [7, 11) is 0. The number of Topliss-reactive ketones (excluding diaryl/α,β-unsaturated/α-hetero) is 1. The lowest BCUT2D eigenvalue weighted by molar-refractivity contribution is 0.0729. The van der Waals surface area contributed by atoms with Crippen LogP contribution in [0.5, 0.6) is 0 Å². The molecule has 0 aliphatic heterocycles. The van der Waals surface area contributed by atoms with Gasteiger partial charge in [0.15, 0.2) is 5.76 Å². The van der Waals surface area contributed by atoms with Crippen molar-refractivity contribution in [3.05, 3.63) is 24.2 Å². The van der Waals surface area contributed by atoms with Crippen LogP contribution in [0.1, 0.15) is 56.5 Å². The molecule has 1 saturated carbocycles. The first-order valence-electron chi connectivity index (χ1n) is 6.22. The highest BCUT2D eigenvalue weighted by Crippen LogP contribution is 2.45. The fraction of sp³-hybridized carbons (Fsp3) is 0.643. The van der Waals surface area contributed by atoms with Gasteiger partial charge < -0.3 is 4.42 Å². The van der Waals surface area contributed by atoms with Crippen molar-refractivity contribution in [3.8, 4) is 0 Å². The van der Waals surface area contributed by atoms with Crippen LogP contribution >= 0.6 is 0 Å². The molecule has 1 fully saturated rings. The van der Waals surface area contributed by atoms with E-state index in [1.165, 1.54) is 12.8 Å². The van der Waals surface area contributed by atoms with Crippen LogP contribution in [0.4, 0.5) is 0 Å². The molecule has 1 aliphatic carbocycles. The van der Waals surface area contributed by atoms with Gasteiger partial charge in [-0.3, -0.25) is 4.79 Å². The van der Waals surface area contributed by atoms with Crippen molar-refractivity contribution >= 4 is 5.78 Å². The van der Waals surface area contributed by atoms with E-state index in [1.807, 2.05) is 0 Å². The highest BCUT2D eigenvalue weighted by atomic mass is 16.3. The standard InChI is InChI=1S/C14H20O2/c1-11(2)10-14(7-3-4-8-14)13(15)12-6-5-9-16-12/h5-6,9,11H,3-4,7-8,10H2,1-2H3. The molecule has 2 nitrogen and oxygen atoms in total. The molecule has 1 aromatic rings. The van der Waals surface area contributed by atoms with Gasteiger partial charge in [0, 0.05) is 5.41 Å². The van der Waals surface area contributed by atoms with E-state index in [2.05, 4.69) is 13.8 Å². The first kappa shape index (κ1) is 11.4. The Bertz CT molecular complexity index is 343. The quantitative estimate of drug-likeness (QED) is 0.716. The van der Waals surface area contributed by atoms with Crippen LogP contribution < -0.4 is 0 Å². The summed E-state index contributed by atoms with van der Waals surface area (Å²) >= 11 is 0. The maximum absolute atomic E-state index is 12.5. The fourth-order valence-corrected chi connectivity index (χ4v) is 3.03. The molecule has 2 heteroatoms. The zero-order valence-electron chi connectivity index (χ0n) is 10.2. The summed E-state index contributed by atoms with van der Waals surface area (Å²) < 4.78 is 5.26. The van der Waals surface area contributed by atoms with Crippen LogP contribution in [0.3, 0.4) is 0 Å². The van der Waals surface area contributed by atoms with Gasteiger partial charge in [-0.05, 0) is 37.3 Å². The molecule has 0 aromatic carbocycles. The predicted molar refractivity (Wildman–Crippen MR) is 63.4 cm³/mol. The number of hydrogen-bond donors (Lipinski definition) is 0. The lowest BCUT2D eigenvalue weighted by atomic mass is 9.74. The van der Waals surface area contributed by atoms with Crippen LogP contribution in [0.15, 0.2) is 22.8 Å². The average molecular weight is 220 g/mol. The molecular formula is C14H20O2. The zero-order valence-corrected chi connectivity index (χ0v) is 10.2. The summed E-state index contributed by atoms with van der Waals surface area (Å²) in [6, 6.07) is 3.59. The second-order valence-corrected chi connectivity index (χ2v) is 5.39. The van der Waals surface area contributed by atoms with Crippen LogP contribution in [-0.4, -0.2) is 5.78 Å². The maximum atomic E-state index is 12.5. The van der Waals surface area contributed by atoms with Gasteiger partial charge in [0.25, 0.3) is 0 Å². The van der Waals surface area contributed by atoms with Crippen molar-refractivity contribution < 1.29 is 9.21 Å². The molecular weight excluding hydrogens is 200 g/mol. The number of ketones is 1. The molecule has 88 valence electrons. The summed E-state index contributed by atoms with van der Waals surface area (Å²) in [4.78, 5) is 12.5. The Balaban J connectivity index is 2.22. The molecule has 0 amide bonds. The van der Waals surface area contributed by atoms with Crippen LogP contribution in [0, 0.1) is 11.3 Å². The maximum Gasteiger partial charge on any atom is 0.204 e. The molecule has 0 unspecified atom stereocenters. The van der Waals surface area contributed by atoms with Crippen molar-refractivity contribution in [1.82, 2.24) is 0 Å². The van der Waals surface area contributed by atoms with Crippen molar-refractivity contribution in [2.24, 2.45) is 11.3 Å². The summed E-state index contributed by atoms with van der Waals surface area (Å²) in [5.41, 5.74) is -0.133. The van der Waals surface area contributed by atoms with Crippen molar-refractivity contribution in [3.63, 3.8) is 0 Å². The number of furan rings is 1. The summed E-state index contributed by atoms with van der Waals surface area (Å²) in [6.45, 7) is 4.38. The second kappa shape index (κ2) is 4.44. The normalized spacial score (nSPS) is 19.2. The van der Waals surface area contributed by atoms with Crippen molar-refractivity contribution in [1.29, 1.82) is 0 Å². The number of rotatable bonds is 4. The largest absolute Gasteiger partial charge is 0.461 e. The Morgan fingerprint density at radius 2 is 2.12 bits per heavy atom.